The van der Waals surface area contributed by atoms with Gasteiger partial charge in [-0.25, -0.2) is 0 Å². The first-order valence-electron chi connectivity index (χ1n) is 9.81. The SMILES string of the molecule is C[C@H](C(=O)NCc1ccco1)N(Cc1ccccc1)C(=O)CCc1ccccc1. The monoisotopic (exact) mass is 390 g/mol. The van der Waals surface area contributed by atoms with Gasteiger partial charge < -0.3 is 14.6 Å². The highest BCUT2D eigenvalue weighted by Gasteiger charge is 2.25. The Morgan fingerprint density at radius 3 is 2.21 bits per heavy atom. The smallest absolute Gasteiger partial charge is 0.242 e. The molecule has 0 saturated heterocycles. The van der Waals surface area contributed by atoms with Crippen molar-refractivity contribution in [2.75, 3.05) is 0 Å². The number of carbonyl (C=O) groups excluding carboxylic acids is 2. The predicted molar refractivity (Wildman–Crippen MR) is 112 cm³/mol. The van der Waals surface area contributed by atoms with Crippen LogP contribution in [-0.2, 0) is 29.1 Å². The first-order valence-corrected chi connectivity index (χ1v) is 9.81. The summed E-state index contributed by atoms with van der Waals surface area (Å²) in [6, 6.07) is 22.6. The third kappa shape index (κ3) is 6.07. The van der Waals surface area contributed by atoms with Gasteiger partial charge >= 0.3 is 0 Å². The van der Waals surface area contributed by atoms with Crippen molar-refractivity contribution in [2.24, 2.45) is 0 Å². The Bertz CT molecular complexity index is 892. The molecule has 0 bridgehead atoms. The second kappa shape index (κ2) is 10.3. The first kappa shape index (κ1) is 20.4. The zero-order valence-corrected chi connectivity index (χ0v) is 16.6. The van der Waals surface area contributed by atoms with Gasteiger partial charge in [0.2, 0.25) is 11.8 Å². The van der Waals surface area contributed by atoms with Gasteiger partial charge in [0.25, 0.3) is 0 Å². The van der Waals surface area contributed by atoms with Crippen LogP contribution >= 0.6 is 0 Å². The van der Waals surface area contributed by atoms with Gasteiger partial charge in [-0.3, -0.25) is 9.59 Å². The van der Waals surface area contributed by atoms with Crippen LogP contribution in [0.25, 0.3) is 0 Å². The number of hydrogen-bond acceptors (Lipinski definition) is 3. The second-order valence-electron chi connectivity index (χ2n) is 6.97. The molecule has 1 aromatic heterocycles. The second-order valence-corrected chi connectivity index (χ2v) is 6.97. The van der Waals surface area contributed by atoms with Gasteiger partial charge in [0.05, 0.1) is 12.8 Å². The Balaban J connectivity index is 1.67. The highest BCUT2D eigenvalue weighted by atomic mass is 16.3. The summed E-state index contributed by atoms with van der Waals surface area (Å²) in [4.78, 5) is 27.4. The standard InChI is InChI=1S/C24H26N2O3/c1-19(24(28)25-17-22-13-8-16-29-22)26(18-21-11-6-3-7-12-21)23(27)15-14-20-9-4-2-5-10-20/h2-13,16,19H,14-15,17-18H2,1H3,(H,25,28)/t19-/m1/s1. The van der Waals surface area contributed by atoms with Crippen LogP contribution in [0.15, 0.2) is 83.5 Å². The number of nitrogens with one attached hydrogen (secondary N) is 1. The Kier molecular flexibility index (Phi) is 7.22. The molecule has 0 aliphatic heterocycles. The van der Waals surface area contributed by atoms with Gasteiger partial charge in [-0.2, -0.15) is 0 Å². The molecule has 0 unspecified atom stereocenters. The van der Waals surface area contributed by atoms with Gasteiger partial charge in [-0.15, -0.1) is 0 Å². The molecular weight excluding hydrogens is 364 g/mol. The van der Waals surface area contributed by atoms with Crippen LogP contribution in [0.4, 0.5) is 0 Å². The molecule has 2 amide bonds. The maximum absolute atomic E-state index is 13.0. The van der Waals surface area contributed by atoms with E-state index < -0.39 is 6.04 Å². The highest BCUT2D eigenvalue weighted by molar-refractivity contribution is 5.87. The molecule has 2 aromatic carbocycles. The van der Waals surface area contributed by atoms with E-state index in [1.165, 1.54) is 0 Å². The molecule has 1 heterocycles. The van der Waals surface area contributed by atoms with Gasteiger partial charge in [-0.1, -0.05) is 60.7 Å². The first-order chi connectivity index (χ1) is 14.1. The van der Waals surface area contributed by atoms with Gasteiger partial charge in [0, 0.05) is 13.0 Å². The molecule has 3 rings (SSSR count). The Morgan fingerprint density at radius 1 is 0.931 bits per heavy atom. The van der Waals surface area contributed by atoms with Gasteiger partial charge in [0.15, 0.2) is 0 Å². The lowest BCUT2D eigenvalue weighted by molar-refractivity contribution is -0.140. The quantitative estimate of drug-likeness (QED) is 0.602. The van der Waals surface area contributed by atoms with Crippen LogP contribution in [0.2, 0.25) is 0 Å². The molecule has 29 heavy (non-hydrogen) atoms. The number of hydrogen-bond donors (Lipinski definition) is 1. The number of nitrogens with zero attached hydrogens (tertiary/aromatic N) is 1. The molecule has 1 atom stereocenters. The molecular formula is C24H26N2O3. The fourth-order valence-electron chi connectivity index (χ4n) is 3.14. The molecule has 0 spiro atoms. The number of carbonyl (C=O) groups is 2. The fourth-order valence-corrected chi connectivity index (χ4v) is 3.14. The van der Waals surface area contributed by atoms with Crippen molar-refractivity contribution in [1.82, 2.24) is 10.2 Å². The van der Waals surface area contributed by atoms with E-state index in [-0.39, 0.29) is 11.8 Å². The van der Waals surface area contributed by atoms with Crippen molar-refractivity contribution in [1.29, 1.82) is 0 Å². The normalized spacial score (nSPS) is 11.6. The van der Waals surface area contributed by atoms with E-state index in [4.69, 9.17) is 4.42 Å². The summed E-state index contributed by atoms with van der Waals surface area (Å²) >= 11 is 0. The van der Waals surface area contributed by atoms with Crippen LogP contribution in [0.1, 0.15) is 30.2 Å². The van der Waals surface area contributed by atoms with E-state index in [0.29, 0.717) is 31.7 Å². The summed E-state index contributed by atoms with van der Waals surface area (Å²) in [5.41, 5.74) is 2.10. The number of benzene rings is 2. The Labute approximate surface area is 171 Å². The van der Waals surface area contributed by atoms with Crippen molar-refractivity contribution < 1.29 is 14.0 Å². The van der Waals surface area contributed by atoms with E-state index in [2.05, 4.69) is 5.32 Å². The lowest BCUT2D eigenvalue weighted by Gasteiger charge is -2.29. The minimum atomic E-state index is -0.589. The van der Waals surface area contributed by atoms with E-state index in [1.54, 1.807) is 30.2 Å². The number of furan rings is 1. The molecule has 150 valence electrons. The molecule has 0 fully saturated rings. The third-order valence-corrected chi connectivity index (χ3v) is 4.85. The highest BCUT2D eigenvalue weighted by Crippen LogP contribution is 2.13. The maximum atomic E-state index is 13.0. The van der Waals surface area contributed by atoms with Crippen LogP contribution in [0.5, 0.6) is 0 Å². The van der Waals surface area contributed by atoms with Crippen molar-refractivity contribution in [3.05, 3.63) is 95.9 Å². The van der Waals surface area contributed by atoms with Crippen molar-refractivity contribution >= 4 is 11.8 Å². The summed E-state index contributed by atoms with van der Waals surface area (Å²) in [5, 5.41) is 2.85. The predicted octanol–water partition coefficient (Wildman–Crippen LogP) is 3.95. The average molecular weight is 390 g/mol. The molecule has 0 aliphatic carbocycles. The van der Waals surface area contributed by atoms with Crippen LogP contribution in [-0.4, -0.2) is 22.8 Å². The van der Waals surface area contributed by atoms with E-state index in [0.717, 1.165) is 11.1 Å². The van der Waals surface area contributed by atoms with Crippen LogP contribution < -0.4 is 5.32 Å². The molecule has 0 radical (unpaired) electrons. The largest absolute Gasteiger partial charge is 0.467 e. The van der Waals surface area contributed by atoms with Crippen molar-refractivity contribution in [3.63, 3.8) is 0 Å². The Hall–Kier alpha value is -3.34. The molecule has 5 heteroatoms. The minimum absolute atomic E-state index is 0.0432. The van der Waals surface area contributed by atoms with Gasteiger partial charge in [-0.05, 0) is 36.6 Å². The zero-order valence-electron chi connectivity index (χ0n) is 16.6. The van der Waals surface area contributed by atoms with E-state index in [9.17, 15) is 9.59 Å². The maximum Gasteiger partial charge on any atom is 0.242 e. The van der Waals surface area contributed by atoms with E-state index in [1.807, 2.05) is 60.7 Å². The number of rotatable bonds is 9. The number of aryl methyl sites for hydroxylation is 1. The van der Waals surface area contributed by atoms with Crippen molar-refractivity contribution in [2.45, 2.75) is 38.9 Å². The summed E-state index contributed by atoms with van der Waals surface area (Å²) < 4.78 is 5.26. The topological polar surface area (TPSA) is 62.6 Å². The fraction of sp³-hybridized carbons (Fsp3) is 0.250. The van der Waals surface area contributed by atoms with Crippen LogP contribution in [0, 0.1) is 0 Å². The minimum Gasteiger partial charge on any atom is -0.467 e. The third-order valence-electron chi connectivity index (χ3n) is 4.85. The van der Waals surface area contributed by atoms with Crippen molar-refractivity contribution in [3.8, 4) is 0 Å². The lowest BCUT2D eigenvalue weighted by atomic mass is 10.1. The number of amides is 2. The summed E-state index contributed by atoms with van der Waals surface area (Å²) in [5.74, 6) is 0.430. The Morgan fingerprint density at radius 2 is 1.59 bits per heavy atom. The van der Waals surface area contributed by atoms with Gasteiger partial charge in [0.1, 0.15) is 11.8 Å². The zero-order chi connectivity index (χ0) is 20.5. The lowest BCUT2D eigenvalue weighted by Crippen LogP contribution is -2.47. The molecule has 1 N–H and O–H groups in total. The average Bonchev–Trinajstić information content (AvgIpc) is 3.29. The summed E-state index contributed by atoms with van der Waals surface area (Å²) in [7, 11) is 0. The van der Waals surface area contributed by atoms with E-state index >= 15 is 0 Å². The summed E-state index contributed by atoms with van der Waals surface area (Å²) in [6.45, 7) is 2.46. The molecule has 0 saturated carbocycles. The summed E-state index contributed by atoms with van der Waals surface area (Å²) in [6.07, 6.45) is 2.57. The molecule has 3 aromatic rings. The molecule has 0 aliphatic rings. The van der Waals surface area contributed by atoms with Crippen LogP contribution in [0.3, 0.4) is 0 Å². The molecule has 5 nitrogen and oxygen atoms in total.